The lowest BCUT2D eigenvalue weighted by atomic mass is 10.2. The number of carbonyl (C=O) groups excluding carboxylic acids is 1. The molecule has 1 amide bonds. The van der Waals surface area contributed by atoms with Crippen molar-refractivity contribution in [1.29, 1.82) is 0 Å². The Morgan fingerprint density at radius 2 is 1.92 bits per heavy atom. The van der Waals surface area contributed by atoms with E-state index in [0.29, 0.717) is 18.1 Å². The van der Waals surface area contributed by atoms with Gasteiger partial charge in [0.25, 0.3) is 0 Å². The van der Waals surface area contributed by atoms with Crippen molar-refractivity contribution in [2.75, 3.05) is 13.6 Å². The minimum absolute atomic E-state index is 0.0376. The lowest BCUT2D eigenvalue weighted by Gasteiger charge is -2.18. The zero-order valence-corrected chi connectivity index (χ0v) is 15.1. The average Bonchev–Trinajstić information content (AvgIpc) is 3.01. The SMILES string of the molecule is C[C@@H](NC(=O)CN(C)Cc1ccc(Cl)cc1)c1cc2ccccc2o1. The number of hydrogen-bond donors (Lipinski definition) is 1. The number of hydrogen-bond acceptors (Lipinski definition) is 3. The van der Waals surface area contributed by atoms with Gasteiger partial charge in [0, 0.05) is 17.0 Å². The predicted molar refractivity (Wildman–Crippen MR) is 101 cm³/mol. The molecule has 1 N–H and O–H groups in total. The molecule has 0 aliphatic carbocycles. The van der Waals surface area contributed by atoms with Crippen LogP contribution in [0.1, 0.15) is 24.3 Å². The van der Waals surface area contributed by atoms with Crippen molar-refractivity contribution in [2.24, 2.45) is 0 Å². The summed E-state index contributed by atoms with van der Waals surface area (Å²) in [5.74, 6) is 0.722. The van der Waals surface area contributed by atoms with E-state index in [1.165, 1.54) is 0 Å². The number of carbonyl (C=O) groups is 1. The molecule has 2 aromatic carbocycles. The van der Waals surface area contributed by atoms with E-state index in [1.807, 2.05) is 73.5 Å². The van der Waals surface area contributed by atoms with Crippen molar-refractivity contribution >= 4 is 28.5 Å². The van der Waals surface area contributed by atoms with Crippen LogP contribution in [0.5, 0.6) is 0 Å². The molecule has 25 heavy (non-hydrogen) atoms. The van der Waals surface area contributed by atoms with Crippen LogP contribution in [-0.4, -0.2) is 24.4 Å². The summed E-state index contributed by atoms with van der Waals surface area (Å²) in [5, 5.41) is 4.74. The van der Waals surface area contributed by atoms with Crippen LogP contribution >= 0.6 is 11.6 Å². The zero-order valence-electron chi connectivity index (χ0n) is 14.3. The molecule has 3 rings (SSSR count). The Morgan fingerprint density at radius 3 is 2.64 bits per heavy atom. The highest BCUT2D eigenvalue weighted by molar-refractivity contribution is 6.30. The number of furan rings is 1. The first-order valence-electron chi connectivity index (χ1n) is 8.22. The summed E-state index contributed by atoms with van der Waals surface area (Å²) in [6, 6.07) is 17.3. The monoisotopic (exact) mass is 356 g/mol. The van der Waals surface area contributed by atoms with Gasteiger partial charge in [-0.2, -0.15) is 0 Å². The van der Waals surface area contributed by atoms with Gasteiger partial charge >= 0.3 is 0 Å². The Balaban J connectivity index is 1.55. The van der Waals surface area contributed by atoms with E-state index >= 15 is 0 Å². The van der Waals surface area contributed by atoms with Crippen LogP contribution in [0.25, 0.3) is 11.0 Å². The maximum Gasteiger partial charge on any atom is 0.234 e. The summed E-state index contributed by atoms with van der Waals surface area (Å²) in [7, 11) is 1.92. The fourth-order valence-electron chi connectivity index (χ4n) is 2.78. The number of rotatable bonds is 6. The fraction of sp³-hybridized carbons (Fsp3) is 0.250. The number of nitrogens with one attached hydrogen (secondary N) is 1. The Hall–Kier alpha value is -2.30. The molecular formula is C20H21ClN2O2. The molecule has 0 saturated heterocycles. The van der Waals surface area contributed by atoms with Crippen LogP contribution in [0.15, 0.2) is 59.0 Å². The van der Waals surface area contributed by atoms with Crippen molar-refractivity contribution in [1.82, 2.24) is 10.2 Å². The van der Waals surface area contributed by atoms with Crippen LogP contribution in [0, 0.1) is 0 Å². The number of fused-ring (bicyclic) bond motifs is 1. The maximum atomic E-state index is 12.3. The largest absolute Gasteiger partial charge is 0.459 e. The molecule has 1 atom stereocenters. The Kier molecular flexibility index (Phi) is 5.41. The van der Waals surface area contributed by atoms with E-state index < -0.39 is 0 Å². The molecule has 3 aromatic rings. The second-order valence-electron chi connectivity index (χ2n) is 6.27. The van der Waals surface area contributed by atoms with Crippen molar-refractivity contribution in [3.63, 3.8) is 0 Å². The van der Waals surface area contributed by atoms with E-state index in [2.05, 4.69) is 5.32 Å². The molecule has 1 aromatic heterocycles. The molecule has 1 heterocycles. The quantitative estimate of drug-likeness (QED) is 0.712. The van der Waals surface area contributed by atoms with E-state index in [-0.39, 0.29) is 11.9 Å². The summed E-state index contributed by atoms with van der Waals surface area (Å²) in [5.41, 5.74) is 1.95. The summed E-state index contributed by atoms with van der Waals surface area (Å²) in [6.45, 7) is 2.92. The summed E-state index contributed by atoms with van der Waals surface area (Å²) < 4.78 is 5.80. The average molecular weight is 357 g/mol. The lowest BCUT2D eigenvalue weighted by Crippen LogP contribution is -2.36. The second kappa shape index (κ2) is 7.72. The first kappa shape index (κ1) is 17.5. The Morgan fingerprint density at radius 1 is 1.20 bits per heavy atom. The number of para-hydroxylation sites is 1. The minimum atomic E-state index is -0.177. The third-order valence-corrected chi connectivity index (χ3v) is 4.28. The van der Waals surface area contributed by atoms with Gasteiger partial charge in [-0.15, -0.1) is 0 Å². The van der Waals surface area contributed by atoms with Crippen LogP contribution in [0.2, 0.25) is 5.02 Å². The number of nitrogens with zero attached hydrogens (tertiary/aromatic N) is 1. The van der Waals surface area contributed by atoms with Crippen LogP contribution < -0.4 is 5.32 Å². The van der Waals surface area contributed by atoms with Gasteiger partial charge in [0.2, 0.25) is 5.91 Å². The van der Waals surface area contributed by atoms with Gasteiger partial charge in [0.1, 0.15) is 11.3 Å². The van der Waals surface area contributed by atoms with Gasteiger partial charge in [-0.1, -0.05) is 41.9 Å². The van der Waals surface area contributed by atoms with Crippen molar-refractivity contribution < 1.29 is 9.21 Å². The van der Waals surface area contributed by atoms with Gasteiger partial charge in [-0.25, -0.2) is 0 Å². The van der Waals surface area contributed by atoms with Crippen molar-refractivity contribution in [3.05, 3.63) is 70.9 Å². The zero-order chi connectivity index (χ0) is 17.8. The van der Waals surface area contributed by atoms with Gasteiger partial charge in [0.15, 0.2) is 0 Å². The van der Waals surface area contributed by atoms with Crippen LogP contribution in [0.3, 0.4) is 0 Å². The molecule has 0 saturated carbocycles. The molecule has 0 radical (unpaired) electrons. The second-order valence-corrected chi connectivity index (χ2v) is 6.71. The lowest BCUT2D eigenvalue weighted by molar-refractivity contribution is -0.122. The molecule has 0 spiro atoms. The molecule has 0 fully saturated rings. The minimum Gasteiger partial charge on any atom is -0.459 e. The predicted octanol–water partition coefficient (Wildman–Crippen LogP) is 4.40. The number of amides is 1. The van der Waals surface area contributed by atoms with Gasteiger partial charge in [0.05, 0.1) is 12.6 Å². The molecule has 0 aliphatic rings. The third kappa shape index (κ3) is 4.62. The first-order chi connectivity index (χ1) is 12.0. The molecule has 0 bridgehead atoms. The Labute approximate surface area is 152 Å². The summed E-state index contributed by atoms with van der Waals surface area (Å²) >= 11 is 5.89. The van der Waals surface area contributed by atoms with Gasteiger partial charge in [-0.05, 0) is 43.8 Å². The standard InChI is InChI=1S/C20H21ClN2O2/c1-14(19-11-16-5-3-4-6-18(16)25-19)22-20(24)13-23(2)12-15-7-9-17(21)10-8-15/h3-11,14H,12-13H2,1-2H3,(H,22,24)/t14-/m1/s1. The highest BCUT2D eigenvalue weighted by Crippen LogP contribution is 2.23. The smallest absolute Gasteiger partial charge is 0.234 e. The van der Waals surface area contributed by atoms with E-state index in [0.717, 1.165) is 22.3 Å². The third-order valence-electron chi connectivity index (χ3n) is 4.03. The highest BCUT2D eigenvalue weighted by atomic mass is 35.5. The number of halogens is 1. The Bertz CT molecular complexity index is 825. The first-order valence-corrected chi connectivity index (χ1v) is 8.60. The van der Waals surface area contributed by atoms with Crippen molar-refractivity contribution in [2.45, 2.75) is 19.5 Å². The van der Waals surface area contributed by atoms with Crippen molar-refractivity contribution in [3.8, 4) is 0 Å². The highest BCUT2D eigenvalue weighted by Gasteiger charge is 2.15. The fourth-order valence-corrected chi connectivity index (χ4v) is 2.90. The molecular weight excluding hydrogens is 336 g/mol. The molecule has 130 valence electrons. The molecule has 5 heteroatoms. The maximum absolute atomic E-state index is 12.3. The van der Waals surface area contributed by atoms with Gasteiger partial charge < -0.3 is 9.73 Å². The molecule has 0 unspecified atom stereocenters. The van der Waals surface area contributed by atoms with Crippen LogP contribution in [0.4, 0.5) is 0 Å². The van der Waals surface area contributed by atoms with Crippen LogP contribution in [-0.2, 0) is 11.3 Å². The van der Waals surface area contributed by atoms with E-state index in [4.69, 9.17) is 16.0 Å². The number of benzene rings is 2. The van der Waals surface area contributed by atoms with E-state index in [9.17, 15) is 4.79 Å². The van der Waals surface area contributed by atoms with Gasteiger partial charge in [-0.3, -0.25) is 9.69 Å². The summed E-state index contributed by atoms with van der Waals surface area (Å²) in [4.78, 5) is 14.2. The van der Waals surface area contributed by atoms with E-state index in [1.54, 1.807) is 0 Å². The molecule has 4 nitrogen and oxygen atoms in total. The topological polar surface area (TPSA) is 45.5 Å². The normalized spacial score (nSPS) is 12.5. The number of likely N-dealkylation sites (N-methyl/N-ethyl adjacent to an activating group) is 1. The molecule has 0 aliphatic heterocycles. The summed E-state index contributed by atoms with van der Waals surface area (Å²) in [6.07, 6.45) is 0.